The molecule has 1 aromatic heterocycles. The maximum absolute atomic E-state index is 4.37. The summed E-state index contributed by atoms with van der Waals surface area (Å²) in [6, 6.07) is 4.35. The highest BCUT2D eigenvalue weighted by molar-refractivity contribution is 5.37. The molecule has 1 fully saturated rings. The Labute approximate surface area is 117 Å². The van der Waals surface area contributed by atoms with Crippen molar-refractivity contribution in [3.05, 3.63) is 23.9 Å². The molecule has 1 aliphatic rings. The van der Waals surface area contributed by atoms with Crippen molar-refractivity contribution in [1.82, 2.24) is 9.88 Å². The molecule has 2 heterocycles. The number of nitrogens with zero attached hydrogens (tertiary/aromatic N) is 2. The molecule has 1 N–H and O–H groups in total. The second-order valence-corrected chi connectivity index (χ2v) is 5.52. The number of nitrogens with one attached hydrogen (secondary N) is 1. The zero-order chi connectivity index (χ0) is 13.3. The van der Waals surface area contributed by atoms with Crippen molar-refractivity contribution in [2.75, 3.05) is 25.0 Å². The van der Waals surface area contributed by atoms with Gasteiger partial charge in [0, 0.05) is 19.3 Å². The lowest BCUT2D eigenvalue weighted by Crippen LogP contribution is -2.26. The van der Waals surface area contributed by atoms with Gasteiger partial charge in [-0.3, -0.25) is 4.90 Å². The summed E-state index contributed by atoms with van der Waals surface area (Å²) in [6.45, 7) is 6.75. The number of anilines is 1. The second kappa shape index (κ2) is 8.16. The molecule has 106 valence electrons. The Hall–Kier alpha value is -1.09. The molecule has 0 bridgehead atoms. The lowest BCUT2D eigenvalue weighted by molar-refractivity contribution is 0.240. The smallest absolute Gasteiger partial charge is 0.126 e. The summed E-state index contributed by atoms with van der Waals surface area (Å²) in [6.07, 6.45) is 9.99. The standard InChI is InChI=1S/C16H27N3/c1-2-9-17-16-13-15(8-10-18-16)14-19-11-6-4-3-5-7-12-19/h8,10,13H,2-7,9,11-12,14H2,1H3,(H,17,18). The van der Waals surface area contributed by atoms with Gasteiger partial charge in [0.2, 0.25) is 0 Å². The Morgan fingerprint density at radius 3 is 2.63 bits per heavy atom. The topological polar surface area (TPSA) is 28.2 Å². The maximum atomic E-state index is 4.37. The van der Waals surface area contributed by atoms with Crippen molar-refractivity contribution < 1.29 is 0 Å². The molecule has 1 aromatic rings. The van der Waals surface area contributed by atoms with E-state index in [4.69, 9.17) is 0 Å². The average molecular weight is 261 g/mol. The van der Waals surface area contributed by atoms with E-state index in [0.717, 1.165) is 25.3 Å². The van der Waals surface area contributed by atoms with Gasteiger partial charge in [0.1, 0.15) is 5.82 Å². The summed E-state index contributed by atoms with van der Waals surface area (Å²) in [5.74, 6) is 1.02. The SMILES string of the molecule is CCCNc1cc(CN2CCCCCCC2)ccn1. The van der Waals surface area contributed by atoms with Gasteiger partial charge < -0.3 is 5.32 Å². The van der Waals surface area contributed by atoms with Crippen LogP contribution in [-0.2, 0) is 6.54 Å². The molecule has 3 heteroatoms. The van der Waals surface area contributed by atoms with E-state index in [1.54, 1.807) is 0 Å². The van der Waals surface area contributed by atoms with Crippen molar-refractivity contribution >= 4 is 5.82 Å². The van der Waals surface area contributed by atoms with Crippen LogP contribution in [0.5, 0.6) is 0 Å². The molecule has 0 aliphatic carbocycles. The number of rotatable bonds is 5. The van der Waals surface area contributed by atoms with Crippen LogP contribution in [0.1, 0.15) is 51.0 Å². The minimum atomic E-state index is 1.00. The van der Waals surface area contributed by atoms with Crippen LogP contribution in [0.4, 0.5) is 5.82 Å². The van der Waals surface area contributed by atoms with Gasteiger partial charge in [-0.1, -0.05) is 26.2 Å². The van der Waals surface area contributed by atoms with Crippen molar-refractivity contribution in [3.8, 4) is 0 Å². The van der Waals surface area contributed by atoms with E-state index < -0.39 is 0 Å². The second-order valence-electron chi connectivity index (χ2n) is 5.52. The number of likely N-dealkylation sites (tertiary alicyclic amines) is 1. The van der Waals surface area contributed by atoms with Crippen LogP contribution >= 0.6 is 0 Å². The summed E-state index contributed by atoms with van der Waals surface area (Å²) in [4.78, 5) is 6.97. The van der Waals surface area contributed by atoms with E-state index >= 15 is 0 Å². The van der Waals surface area contributed by atoms with Crippen molar-refractivity contribution in [3.63, 3.8) is 0 Å². The van der Waals surface area contributed by atoms with Gasteiger partial charge in [0.25, 0.3) is 0 Å². The lowest BCUT2D eigenvalue weighted by atomic mass is 10.1. The molecule has 1 saturated heterocycles. The van der Waals surface area contributed by atoms with Crippen LogP contribution in [-0.4, -0.2) is 29.5 Å². The van der Waals surface area contributed by atoms with Crippen LogP contribution in [0.3, 0.4) is 0 Å². The fourth-order valence-corrected chi connectivity index (χ4v) is 2.65. The minimum absolute atomic E-state index is 1.00. The van der Waals surface area contributed by atoms with Gasteiger partial charge in [0.05, 0.1) is 0 Å². The van der Waals surface area contributed by atoms with Gasteiger partial charge in [-0.25, -0.2) is 4.98 Å². The van der Waals surface area contributed by atoms with Crippen LogP contribution in [0.15, 0.2) is 18.3 Å². The van der Waals surface area contributed by atoms with E-state index in [-0.39, 0.29) is 0 Å². The van der Waals surface area contributed by atoms with Crippen molar-refractivity contribution in [2.45, 2.75) is 52.0 Å². The largest absolute Gasteiger partial charge is 0.370 e. The first-order chi connectivity index (χ1) is 9.38. The highest BCUT2D eigenvalue weighted by Crippen LogP contribution is 2.14. The van der Waals surface area contributed by atoms with E-state index in [1.165, 1.54) is 50.8 Å². The minimum Gasteiger partial charge on any atom is -0.370 e. The molecule has 0 spiro atoms. The van der Waals surface area contributed by atoms with Crippen LogP contribution in [0, 0.1) is 0 Å². The van der Waals surface area contributed by atoms with Crippen LogP contribution in [0.2, 0.25) is 0 Å². The number of hydrogen-bond donors (Lipinski definition) is 1. The Kier molecular flexibility index (Phi) is 6.15. The summed E-state index contributed by atoms with van der Waals surface area (Å²) in [7, 11) is 0. The lowest BCUT2D eigenvalue weighted by Gasteiger charge is -2.24. The maximum Gasteiger partial charge on any atom is 0.126 e. The Balaban J connectivity index is 1.89. The van der Waals surface area contributed by atoms with Gasteiger partial charge >= 0.3 is 0 Å². The predicted molar refractivity (Wildman–Crippen MR) is 81.4 cm³/mol. The summed E-state index contributed by atoms with van der Waals surface area (Å²) in [5.41, 5.74) is 1.38. The zero-order valence-corrected chi connectivity index (χ0v) is 12.2. The molecule has 0 aromatic carbocycles. The van der Waals surface area contributed by atoms with Crippen LogP contribution in [0.25, 0.3) is 0 Å². The summed E-state index contributed by atoms with van der Waals surface area (Å²) in [5, 5.41) is 3.36. The third kappa shape index (κ3) is 5.19. The third-order valence-corrected chi connectivity index (χ3v) is 3.74. The van der Waals surface area contributed by atoms with Gasteiger partial charge in [0.15, 0.2) is 0 Å². The van der Waals surface area contributed by atoms with Gasteiger partial charge in [-0.05, 0) is 50.0 Å². The summed E-state index contributed by atoms with van der Waals surface area (Å²) < 4.78 is 0. The van der Waals surface area contributed by atoms with Gasteiger partial charge in [-0.2, -0.15) is 0 Å². The molecule has 0 unspecified atom stereocenters. The zero-order valence-electron chi connectivity index (χ0n) is 12.2. The predicted octanol–water partition coefficient (Wildman–Crippen LogP) is 3.67. The van der Waals surface area contributed by atoms with E-state index in [1.807, 2.05) is 6.20 Å². The Bertz CT molecular complexity index is 357. The van der Waals surface area contributed by atoms with E-state index in [2.05, 4.69) is 34.3 Å². The molecule has 19 heavy (non-hydrogen) atoms. The Morgan fingerprint density at radius 2 is 1.89 bits per heavy atom. The fraction of sp³-hybridized carbons (Fsp3) is 0.688. The average Bonchev–Trinajstić information content (AvgIpc) is 2.40. The van der Waals surface area contributed by atoms with Gasteiger partial charge in [-0.15, -0.1) is 0 Å². The highest BCUT2D eigenvalue weighted by atomic mass is 15.1. The quantitative estimate of drug-likeness (QED) is 0.876. The number of hydrogen-bond acceptors (Lipinski definition) is 3. The molecular weight excluding hydrogens is 234 g/mol. The molecule has 0 amide bonds. The normalized spacial score (nSPS) is 17.7. The summed E-state index contributed by atoms with van der Waals surface area (Å²) >= 11 is 0. The monoisotopic (exact) mass is 261 g/mol. The first-order valence-electron chi connectivity index (χ1n) is 7.79. The number of aromatic nitrogens is 1. The first kappa shape index (κ1) is 14.3. The highest BCUT2D eigenvalue weighted by Gasteiger charge is 2.09. The molecule has 0 radical (unpaired) electrons. The molecule has 1 aliphatic heterocycles. The van der Waals surface area contributed by atoms with Crippen molar-refractivity contribution in [2.24, 2.45) is 0 Å². The van der Waals surface area contributed by atoms with E-state index in [9.17, 15) is 0 Å². The third-order valence-electron chi connectivity index (χ3n) is 3.74. The molecule has 0 saturated carbocycles. The van der Waals surface area contributed by atoms with Crippen LogP contribution < -0.4 is 5.32 Å². The fourth-order valence-electron chi connectivity index (χ4n) is 2.65. The Morgan fingerprint density at radius 1 is 1.16 bits per heavy atom. The molecule has 2 rings (SSSR count). The molecule has 3 nitrogen and oxygen atoms in total. The first-order valence-corrected chi connectivity index (χ1v) is 7.79. The molecule has 0 atom stereocenters. The van der Waals surface area contributed by atoms with E-state index in [0.29, 0.717) is 0 Å². The number of pyridine rings is 1. The molecular formula is C16H27N3. The van der Waals surface area contributed by atoms with Crippen molar-refractivity contribution in [1.29, 1.82) is 0 Å².